The van der Waals surface area contributed by atoms with E-state index < -0.39 is 5.97 Å². The second-order valence-corrected chi connectivity index (χ2v) is 7.80. The van der Waals surface area contributed by atoms with Crippen molar-refractivity contribution in [1.82, 2.24) is 15.3 Å². The fourth-order valence-corrected chi connectivity index (χ4v) is 4.09. The van der Waals surface area contributed by atoms with E-state index in [0.29, 0.717) is 40.1 Å². The van der Waals surface area contributed by atoms with E-state index in [1.54, 1.807) is 24.3 Å². The molecule has 0 bridgehead atoms. The normalized spacial score (nSPS) is 12.2. The Bertz CT molecular complexity index is 1240. The Balaban J connectivity index is 1.77. The number of carbonyl (C=O) groups excluding carboxylic acids is 1. The summed E-state index contributed by atoms with van der Waals surface area (Å²) in [4.78, 5) is 32.3. The number of amides is 1. The molecule has 0 unspecified atom stereocenters. The van der Waals surface area contributed by atoms with Gasteiger partial charge in [0.2, 0.25) is 0 Å². The molecule has 2 N–H and O–H groups in total. The molecule has 2 aromatic carbocycles. The first-order valence-electron chi connectivity index (χ1n) is 9.23. The van der Waals surface area contributed by atoms with Gasteiger partial charge in [-0.1, -0.05) is 47.5 Å². The zero-order valence-electron chi connectivity index (χ0n) is 15.9. The second kappa shape index (κ2) is 8.34. The predicted molar refractivity (Wildman–Crippen MR) is 114 cm³/mol. The molecule has 1 aromatic heterocycles. The molecule has 0 fully saturated rings. The number of nitriles is 1. The van der Waals surface area contributed by atoms with Crippen LogP contribution in [0.5, 0.6) is 0 Å². The molecule has 0 radical (unpaired) electrons. The van der Waals surface area contributed by atoms with Crippen LogP contribution in [-0.2, 0) is 24.2 Å². The van der Waals surface area contributed by atoms with E-state index in [1.165, 1.54) is 12.1 Å². The number of rotatable bonds is 5. The van der Waals surface area contributed by atoms with Crippen molar-refractivity contribution < 1.29 is 14.7 Å². The van der Waals surface area contributed by atoms with Crippen LogP contribution in [0.1, 0.15) is 38.4 Å². The molecule has 0 saturated carbocycles. The van der Waals surface area contributed by atoms with Gasteiger partial charge in [0.05, 0.1) is 57.2 Å². The van der Waals surface area contributed by atoms with Gasteiger partial charge in [0.1, 0.15) is 0 Å². The monoisotopic (exact) mass is 452 g/mol. The third kappa shape index (κ3) is 4.22. The van der Waals surface area contributed by atoms with Crippen molar-refractivity contribution in [3.63, 3.8) is 0 Å². The molecule has 3 aromatic rings. The van der Waals surface area contributed by atoms with Crippen molar-refractivity contribution in [3.8, 4) is 17.5 Å². The van der Waals surface area contributed by atoms with Crippen LogP contribution < -0.4 is 5.32 Å². The van der Waals surface area contributed by atoms with Gasteiger partial charge in [-0.15, -0.1) is 0 Å². The van der Waals surface area contributed by atoms with Crippen molar-refractivity contribution in [2.45, 2.75) is 19.4 Å². The highest BCUT2D eigenvalue weighted by Crippen LogP contribution is 2.35. The molecule has 1 amide bonds. The molecule has 0 atom stereocenters. The standard InChI is InChI=1S/C22H14Cl2N4O3/c23-14-5-13(9-25)6-15(24)19(14)21-27-16(20-17(28-21)10-26-22(20)31)7-11-1-3-12(4-2-11)8-18(29)30/h1-6H,7-8,10H2,(H,26,31)(H,29,30). The molecule has 1 aliphatic rings. The summed E-state index contributed by atoms with van der Waals surface area (Å²) in [5, 5.41) is 21.3. The van der Waals surface area contributed by atoms with Gasteiger partial charge in [0.25, 0.3) is 5.91 Å². The number of carbonyl (C=O) groups is 2. The number of nitrogens with one attached hydrogen (secondary N) is 1. The highest BCUT2D eigenvalue weighted by Gasteiger charge is 2.27. The molecule has 4 rings (SSSR count). The molecule has 31 heavy (non-hydrogen) atoms. The average Bonchev–Trinajstić information content (AvgIpc) is 3.09. The minimum atomic E-state index is -0.904. The first-order valence-corrected chi connectivity index (χ1v) is 9.98. The quantitative estimate of drug-likeness (QED) is 0.608. The first-order chi connectivity index (χ1) is 14.9. The number of nitrogens with zero attached hydrogens (tertiary/aromatic N) is 3. The zero-order valence-corrected chi connectivity index (χ0v) is 17.5. The second-order valence-electron chi connectivity index (χ2n) is 6.99. The van der Waals surface area contributed by atoms with Crippen LogP contribution in [0.2, 0.25) is 10.0 Å². The van der Waals surface area contributed by atoms with E-state index in [0.717, 1.165) is 5.56 Å². The zero-order chi connectivity index (χ0) is 22.1. The maximum atomic E-state index is 12.4. The van der Waals surface area contributed by atoms with Crippen molar-refractivity contribution in [3.05, 3.63) is 80.1 Å². The largest absolute Gasteiger partial charge is 0.481 e. The number of aliphatic carboxylic acids is 1. The van der Waals surface area contributed by atoms with Crippen LogP contribution >= 0.6 is 23.2 Å². The molecule has 2 heterocycles. The van der Waals surface area contributed by atoms with Crippen LogP contribution in [0, 0.1) is 11.3 Å². The minimum absolute atomic E-state index is 0.0641. The van der Waals surface area contributed by atoms with Gasteiger partial charge in [-0.25, -0.2) is 9.97 Å². The molecule has 0 aliphatic carbocycles. The number of carboxylic acids is 1. The number of halogens is 2. The van der Waals surface area contributed by atoms with Crippen molar-refractivity contribution in [2.75, 3.05) is 0 Å². The molecule has 9 heteroatoms. The van der Waals surface area contributed by atoms with Gasteiger partial charge in [-0.2, -0.15) is 5.26 Å². The lowest BCUT2D eigenvalue weighted by Crippen LogP contribution is -2.14. The molecule has 1 aliphatic heterocycles. The Labute approximate surface area is 187 Å². The lowest BCUT2D eigenvalue weighted by molar-refractivity contribution is -0.136. The number of aromatic nitrogens is 2. The van der Waals surface area contributed by atoms with Crippen molar-refractivity contribution >= 4 is 35.1 Å². The molecule has 154 valence electrons. The highest BCUT2D eigenvalue weighted by atomic mass is 35.5. The third-order valence-corrected chi connectivity index (χ3v) is 5.44. The van der Waals surface area contributed by atoms with Gasteiger partial charge in [-0.3, -0.25) is 9.59 Å². The fraction of sp³-hybridized carbons (Fsp3) is 0.136. The van der Waals surface area contributed by atoms with E-state index in [-0.39, 0.29) is 34.7 Å². The van der Waals surface area contributed by atoms with E-state index in [9.17, 15) is 9.59 Å². The molecule has 0 spiro atoms. The summed E-state index contributed by atoms with van der Waals surface area (Å²) in [6.07, 6.45) is 0.273. The summed E-state index contributed by atoms with van der Waals surface area (Å²) < 4.78 is 0. The van der Waals surface area contributed by atoms with Crippen molar-refractivity contribution in [2.24, 2.45) is 0 Å². The van der Waals surface area contributed by atoms with Gasteiger partial charge in [-0.05, 0) is 23.3 Å². The Hall–Kier alpha value is -3.47. The summed E-state index contributed by atoms with van der Waals surface area (Å²) >= 11 is 12.7. The summed E-state index contributed by atoms with van der Waals surface area (Å²) in [7, 11) is 0. The maximum Gasteiger partial charge on any atom is 0.307 e. The van der Waals surface area contributed by atoms with Crippen LogP contribution in [0.3, 0.4) is 0 Å². The average molecular weight is 453 g/mol. The molecular weight excluding hydrogens is 439 g/mol. The van der Waals surface area contributed by atoms with Crippen LogP contribution in [-0.4, -0.2) is 27.0 Å². The molecular formula is C22H14Cl2N4O3. The van der Waals surface area contributed by atoms with E-state index >= 15 is 0 Å². The Morgan fingerprint density at radius 2 is 1.74 bits per heavy atom. The number of carboxylic acid groups (broad SMARTS) is 1. The molecule has 0 saturated heterocycles. The van der Waals surface area contributed by atoms with Crippen LogP contribution in [0.25, 0.3) is 11.4 Å². The Morgan fingerprint density at radius 3 is 2.35 bits per heavy atom. The third-order valence-electron chi connectivity index (χ3n) is 4.85. The fourth-order valence-electron chi connectivity index (χ4n) is 3.44. The minimum Gasteiger partial charge on any atom is -0.481 e. The van der Waals surface area contributed by atoms with Crippen LogP contribution in [0.4, 0.5) is 0 Å². The Morgan fingerprint density at radius 1 is 1.10 bits per heavy atom. The number of hydrogen-bond acceptors (Lipinski definition) is 5. The van der Waals surface area contributed by atoms with Gasteiger partial charge in [0.15, 0.2) is 5.82 Å². The van der Waals surface area contributed by atoms with E-state index in [2.05, 4.69) is 15.3 Å². The van der Waals surface area contributed by atoms with E-state index in [1.807, 2.05) is 6.07 Å². The van der Waals surface area contributed by atoms with Crippen LogP contribution in [0.15, 0.2) is 36.4 Å². The lowest BCUT2D eigenvalue weighted by Gasteiger charge is -2.12. The Kier molecular flexibility index (Phi) is 5.59. The summed E-state index contributed by atoms with van der Waals surface area (Å²) in [5.74, 6) is -0.887. The maximum absolute atomic E-state index is 12.4. The summed E-state index contributed by atoms with van der Waals surface area (Å²) in [6, 6.07) is 12.1. The molecule has 7 nitrogen and oxygen atoms in total. The van der Waals surface area contributed by atoms with Gasteiger partial charge in [0, 0.05) is 6.42 Å². The summed E-state index contributed by atoms with van der Waals surface area (Å²) in [5.41, 5.74) is 3.72. The van der Waals surface area contributed by atoms with Gasteiger partial charge >= 0.3 is 5.97 Å². The highest BCUT2D eigenvalue weighted by molar-refractivity contribution is 6.39. The number of benzene rings is 2. The smallest absolute Gasteiger partial charge is 0.307 e. The number of hydrogen-bond donors (Lipinski definition) is 2. The van der Waals surface area contributed by atoms with Gasteiger partial charge < -0.3 is 10.4 Å². The first kappa shape index (κ1) is 20.8. The van der Waals surface area contributed by atoms with E-state index in [4.69, 9.17) is 33.6 Å². The summed E-state index contributed by atoms with van der Waals surface area (Å²) in [6.45, 7) is 0.264. The topological polar surface area (TPSA) is 116 Å². The number of fused-ring (bicyclic) bond motifs is 1. The predicted octanol–water partition coefficient (Wildman–Crippen LogP) is 3.78. The SMILES string of the molecule is N#Cc1cc(Cl)c(-c2nc3c(c(Cc4ccc(CC(=O)O)cc4)n2)C(=O)NC3)c(Cl)c1. The lowest BCUT2D eigenvalue weighted by atomic mass is 10.0. The van der Waals surface area contributed by atoms with Crippen molar-refractivity contribution in [1.29, 1.82) is 5.26 Å².